The Morgan fingerprint density at radius 2 is 1.70 bits per heavy atom. The maximum absolute atomic E-state index is 8.64. The second-order valence-electron chi connectivity index (χ2n) is 5.83. The van der Waals surface area contributed by atoms with Gasteiger partial charge in [-0.2, -0.15) is 10.5 Å². The van der Waals surface area contributed by atoms with Gasteiger partial charge in [0.15, 0.2) is 0 Å². The summed E-state index contributed by atoms with van der Waals surface area (Å²) >= 11 is 0. The molecular weight excluding hydrogens is 282 g/mol. The van der Waals surface area contributed by atoms with Crippen LogP contribution in [0.15, 0.2) is 72.0 Å². The third kappa shape index (κ3) is 3.25. The van der Waals surface area contributed by atoms with Crippen molar-refractivity contribution in [1.82, 2.24) is 0 Å². The van der Waals surface area contributed by atoms with Gasteiger partial charge in [-0.15, -0.1) is 0 Å². The van der Waals surface area contributed by atoms with Crippen LogP contribution in [0.1, 0.15) is 19.4 Å². The van der Waals surface area contributed by atoms with Crippen molar-refractivity contribution in [3.63, 3.8) is 0 Å². The van der Waals surface area contributed by atoms with Crippen molar-refractivity contribution in [2.75, 3.05) is 11.9 Å². The molecule has 0 aromatic heterocycles. The Balaban J connectivity index is 2.18. The van der Waals surface area contributed by atoms with E-state index in [0.29, 0.717) is 0 Å². The first kappa shape index (κ1) is 16.3. The average molecular weight is 301 g/mol. The SMILES string of the molecule is CN1/C(=C/C=C/C=C/C=C(C#N)C#N)C(C)(C)c2ccccc21. The molecule has 3 heteroatoms. The second-order valence-corrected chi connectivity index (χ2v) is 5.83. The molecule has 1 aromatic carbocycles. The van der Waals surface area contributed by atoms with Crippen LogP contribution in [0.3, 0.4) is 0 Å². The van der Waals surface area contributed by atoms with Crippen molar-refractivity contribution < 1.29 is 0 Å². The summed E-state index contributed by atoms with van der Waals surface area (Å²) in [6.07, 6.45) is 11.0. The molecule has 0 unspecified atom stereocenters. The minimum Gasteiger partial charge on any atom is -0.347 e. The zero-order valence-electron chi connectivity index (χ0n) is 13.6. The maximum Gasteiger partial charge on any atom is 0.129 e. The van der Waals surface area contributed by atoms with Crippen LogP contribution in [-0.2, 0) is 5.41 Å². The normalized spacial score (nSPS) is 17.3. The maximum atomic E-state index is 8.64. The smallest absolute Gasteiger partial charge is 0.129 e. The number of hydrogen-bond acceptors (Lipinski definition) is 3. The highest BCUT2D eigenvalue weighted by molar-refractivity contribution is 5.70. The quantitative estimate of drug-likeness (QED) is 0.615. The lowest BCUT2D eigenvalue weighted by atomic mass is 9.84. The summed E-state index contributed by atoms with van der Waals surface area (Å²) in [5.74, 6) is 0. The lowest BCUT2D eigenvalue weighted by Gasteiger charge is -2.23. The number of benzene rings is 1. The van der Waals surface area contributed by atoms with E-state index < -0.39 is 0 Å². The van der Waals surface area contributed by atoms with Crippen LogP contribution in [0, 0.1) is 22.7 Å². The predicted octanol–water partition coefficient (Wildman–Crippen LogP) is 4.38. The lowest BCUT2D eigenvalue weighted by molar-refractivity contribution is 0.640. The molecular formula is C20H19N3. The molecule has 0 atom stereocenters. The monoisotopic (exact) mass is 301 g/mol. The summed E-state index contributed by atoms with van der Waals surface area (Å²) in [6, 6.07) is 12.1. The van der Waals surface area contributed by atoms with Gasteiger partial charge in [-0.1, -0.05) is 56.4 Å². The van der Waals surface area contributed by atoms with Crippen molar-refractivity contribution >= 4 is 5.69 Å². The number of nitriles is 2. The summed E-state index contributed by atoms with van der Waals surface area (Å²) < 4.78 is 0. The zero-order valence-corrected chi connectivity index (χ0v) is 13.6. The Labute approximate surface area is 137 Å². The average Bonchev–Trinajstić information content (AvgIpc) is 2.75. The molecule has 0 N–H and O–H groups in total. The fourth-order valence-electron chi connectivity index (χ4n) is 2.83. The fraction of sp³-hybridized carbons (Fsp3) is 0.200. The van der Waals surface area contributed by atoms with Gasteiger partial charge in [0, 0.05) is 23.8 Å². The molecule has 1 heterocycles. The lowest BCUT2D eigenvalue weighted by Crippen LogP contribution is -2.22. The Morgan fingerprint density at radius 1 is 1.04 bits per heavy atom. The molecule has 0 spiro atoms. The first-order chi connectivity index (χ1) is 11.0. The molecule has 3 nitrogen and oxygen atoms in total. The number of para-hydroxylation sites is 1. The Hall–Kier alpha value is -3.04. The van der Waals surface area contributed by atoms with Crippen LogP contribution in [0.2, 0.25) is 0 Å². The third-order valence-corrected chi connectivity index (χ3v) is 4.03. The highest BCUT2D eigenvalue weighted by Crippen LogP contribution is 2.46. The summed E-state index contributed by atoms with van der Waals surface area (Å²) in [5.41, 5.74) is 3.86. The van der Waals surface area contributed by atoms with E-state index in [0.717, 1.165) is 0 Å². The molecule has 114 valence electrons. The van der Waals surface area contributed by atoms with E-state index in [4.69, 9.17) is 10.5 Å². The van der Waals surface area contributed by atoms with E-state index in [1.54, 1.807) is 12.2 Å². The first-order valence-electron chi connectivity index (χ1n) is 7.41. The molecule has 1 aromatic rings. The molecule has 0 fully saturated rings. The van der Waals surface area contributed by atoms with Gasteiger partial charge in [-0.25, -0.2) is 0 Å². The van der Waals surface area contributed by atoms with Gasteiger partial charge in [-0.05, 0) is 23.8 Å². The number of anilines is 1. The van der Waals surface area contributed by atoms with Crippen molar-refractivity contribution in [3.05, 3.63) is 77.6 Å². The van der Waals surface area contributed by atoms with Crippen LogP contribution >= 0.6 is 0 Å². The van der Waals surface area contributed by atoms with Gasteiger partial charge in [0.1, 0.15) is 17.7 Å². The van der Waals surface area contributed by atoms with E-state index in [1.807, 2.05) is 24.3 Å². The van der Waals surface area contributed by atoms with Gasteiger partial charge < -0.3 is 4.90 Å². The predicted molar refractivity (Wildman–Crippen MR) is 93.5 cm³/mol. The van der Waals surface area contributed by atoms with E-state index in [1.165, 1.54) is 23.0 Å². The van der Waals surface area contributed by atoms with E-state index in [9.17, 15) is 0 Å². The van der Waals surface area contributed by atoms with E-state index in [-0.39, 0.29) is 11.0 Å². The molecule has 1 aliphatic heterocycles. The summed E-state index contributed by atoms with van der Waals surface area (Å²) in [4.78, 5) is 2.22. The highest BCUT2D eigenvalue weighted by Gasteiger charge is 2.37. The molecule has 2 rings (SSSR count). The van der Waals surface area contributed by atoms with Crippen molar-refractivity contribution in [1.29, 1.82) is 10.5 Å². The van der Waals surface area contributed by atoms with Gasteiger partial charge in [0.05, 0.1) is 0 Å². The molecule has 0 bridgehead atoms. The number of nitrogens with zero attached hydrogens (tertiary/aromatic N) is 3. The van der Waals surface area contributed by atoms with Gasteiger partial charge in [0.25, 0.3) is 0 Å². The van der Waals surface area contributed by atoms with Crippen LogP contribution in [-0.4, -0.2) is 7.05 Å². The molecule has 0 saturated carbocycles. The Morgan fingerprint density at radius 3 is 2.35 bits per heavy atom. The molecule has 1 aliphatic rings. The molecule has 0 saturated heterocycles. The number of hydrogen-bond donors (Lipinski definition) is 0. The van der Waals surface area contributed by atoms with Crippen LogP contribution in [0.25, 0.3) is 0 Å². The Bertz CT molecular complexity index is 777. The van der Waals surface area contributed by atoms with Gasteiger partial charge in [0.2, 0.25) is 0 Å². The van der Waals surface area contributed by atoms with Crippen LogP contribution in [0.4, 0.5) is 5.69 Å². The number of likely N-dealkylation sites (N-methyl/N-ethyl adjacent to an activating group) is 1. The molecule has 0 aliphatic carbocycles. The summed E-state index contributed by atoms with van der Waals surface area (Å²) in [6.45, 7) is 4.44. The van der Waals surface area contributed by atoms with E-state index >= 15 is 0 Å². The molecule has 0 radical (unpaired) electrons. The third-order valence-electron chi connectivity index (χ3n) is 4.03. The first-order valence-corrected chi connectivity index (χ1v) is 7.41. The zero-order chi connectivity index (χ0) is 16.9. The molecule has 0 amide bonds. The standard InChI is InChI=1S/C20H19N3/c1-20(2)17-11-8-9-12-18(17)23(3)19(20)13-7-5-4-6-10-16(14-21)15-22/h4-13H,1-3H3/b6-4+,7-5+,19-13+. The second kappa shape index (κ2) is 6.81. The number of rotatable bonds is 3. The minimum atomic E-state index is -0.0336. The van der Waals surface area contributed by atoms with Crippen LogP contribution < -0.4 is 4.90 Å². The van der Waals surface area contributed by atoms with Gasteiger partial charge in [-0.3, -0.25) is 0 Å². The van der Waals surface area contributed by atoms with Crippen molar-refractivity contribution in [2.45, 2.75) is 19.3 Å². The Kier molecular flexibility index (Phi) is 4.84. The van der Waals surface area contributed by atoms with Crippen LogP contribution in [0.5, 0.6) is 0 Å². The van der Waals surface area contributed by atoms with Gasteiger partial charge >= 0.3 is 0 Å². The topological polar surface area (TPSA) is 50.8 Å². The number of allylic oxidation sites excluding steroid dienone is 8. The highest BCUT2D eigenvalue weighted by atomic mass is 15.2. The van der Waals surface area contributed by atoms with E-state index in [2.05, 4.69) is 56.1 Å². The minimum absolute atomic E-state index is 0.0336. The largest absolute Gasteiger partial charge is 0.347 e. The van der Waals surface area contributed by atoms with Crippen molar-refractivity contribution in [3.8, 4) is 12.1 Å². The van der Waals surface area contributed by atoms with Crippen molar-refractivity contribution in [2.24, 2.45) is 0 Å². The number of fused-ring (bicyclic) bond motifs is 1. The summed E-state index contributed by atoms with van der Waals surface area (Å²) in [5, 5.41) is 17.3. The molecule has 23 heavy (non-hydrogen) atoms. The fourth-order valence-corrected chi connectivity index (χ4v) is 2.83. The summed E-state index contributed by atoms with van der Waals surface area (Å²) in [7, 11) is 2.08.